The molecule has 0 amide bonds. The van der Waals surface area contributed by atoms with E-state index in [1.165, 1.54) is 0 Å². The van der Waals surface area contributed by atoms with Gasteiger partial charge < -0.3 is 2.85 Å². The molecular formula is H2DyLaSrYb. The molecular weight excluding hydrogens is 562 g/mol. The number of rotatable bonds is 0. The predicted octanol–water partition coefficient (Wildman–Crippen LogP) is -0.156. The molecule has 0 aliphatic carbocycles. The van der Waals surface area contributed by atoms with Crippen LogP contribution in [0.1, 0.15) is 2.85 Å². The molecule has 0 rings (SSSR count). The van der Waals surface area contributed by atoms with Crippen LogP contribution in [0.4, 0.5) is 0 Å². The molecule has 0 aliphatic rings. The first-order valence-electron chi connectivity index (χ1n) is 0. The van der Waals surface area contributed by atoms with Gasteiger partial charge in [-0.2, -0.15) is 0 Å². The molecule has 0 aromatic carbocycles. The second-order valence-corrected chi connectivity index (χ2v) is 0. The van der Waals surface area contributed by atoms with Gasteiger partial charge in [0.1, 0.15) is 0 Å². The molecule has 4 heteroatoms. The molecule has 1 radical (unpaired) electrons. The van der Waals surface area contributed by atoms with Gasteiger partial charge in [0.05, 0.1) is 0 Å². The summed E-state index contributed by atoms with van der Waals surface area (Å²) in [6.07, 6.45) is 0. The standard InChI is InChI=1S/Dy.La.Sr.Yb.2H/q;;+2;;2*-1. The minimum absolute atomic E-state index is 0. The Morgan fingerprint density at radius 2 is 1.25 bits per heavy atom. The Labute approximate surface area is 163 Å². The fourth-order valence-corrected chi connectivity index (χ4v) is 0. The van der Waals surface area contributed by atoms with Crippen LogP contribution in [0, 0.1) is 121 Å². The fraction of sp³-hybridized carbons (Fsp3) is 0. The minimum atomic E-state index is 0. The van der Waals surface area contributed by atoms with E-state index < -0.39 is 0 Å². The molecule has 0 aliphatic heterocycles. The molecule has 0 saturated heterocycles. The minimum Gasteiger partial charge on any atom is -1.00 e. The van der Waals surface area contributed by atoms with Gasteiger partial charge in [0.2, 0.25) is 0 Å². The quantitative estimate of drug-likeness (QED) is 0.360. The topological polar surface area (TPSA) is 0 Å². The van der Waals surface area contributed by atoms with Crippen LogP contribution in [0.5, 0.6) is 0 Å². The van der Waals surface area contributed by atoms with E-state index in [1.54, 1.807) is 0 Å². The normalized spacial score (nSPS) is 0. The van der Waals surface area contributed by atoms with E-state index in [9.17, 15) is 0 Å². The maximum absolute atomic E-state index is 0. The Bertz CT molecular complexity index is 13.5. The fourth-order valence-electron chi connectivity index (χ4n) is 0. The molecule has 0 bridgehead atoms. The summed E-state index contributed by atoms with van der Waals surface area (Å²) in [5.74, 6) is 0. The SMILES string of the molecule is [Dy].[H-].[H-].[La].[Sr+2].[Yb]. The van der Waals surface area contributed by atoms with Crippen molar-refractivity contribution in [2.45, 2.75) is 0 Å². The van der Waals surface area contributed by atoms with Crippen LogP contribution in [-0.2, 0) is 0 Å². The zero-order valence-corrected chi connectivity index (χ0v) is 12.7. The number of hydrogen-bond acceptors (Lipinski definition) is 0. The van der Waals surface area contributed by atoms with E-state index >= 15 is 0 Å². The summed E-state index contributed by atoms with van der Waals surface area (Å²) in [5.41, 5.74) is 0. The third-order valence-electron chi connectivity index (χ3n) is 0. The Morgan fingerprint density at radius 3 is 1.25 bits per heavy atom. The van der Waals surface area contributed by atoms with E-state index in [2.05, 4.69) is 0 Å². The third-order valence-corrected chi connectivity index (χ3v) is 0. The van der Waals surface area contributed by atoms with E-state index in [0.29, 0.717) is 0 Å². The van der Waals surface area contributed by atoms with Gasteiger partial charge in [-0.25, -0.2) is 0 Å². The summed E-state index contributed by atoms with van der Waals surface area (Å²) in [4.78, 5) is 0. The third kappa shape index (κ3) is 10.4. The maximum Gasteiger partial charge on any atom is 2.00 e. The van der Waals surface area contributed by atoms with Crippen molar-refractivity contribution in [3.8, 4) is 0 Å². The number of hydrogen-bond donors (Lipinski definition) is 0. The van der Waals surface area contributed by atoms with Crippen LogP contribution in [0.25, 0.3) is 0 Å². The van der Waals surface area contributed by atoms with Crippen molar-refractivity contribution >= 4 is 45.5 Å². The summed E-state index contributed by atoms with van der Waals surface area (Å²) in [7, 11) is 0. The molecule has 0 atom stereocenters. The van der Waals surface area contributed by atoms with Gasteiger partial charge in [-0.1, -0.05) is 0 Å². The monoisotopic (exact) mass is 567 g/mol. The average molecular weight is 564 g/mol. The van der Waals surface area contributed by atoms with E-state index in [-0.39, 0.29) is 169 Å². The molecule has 0 N–H and O–H groups in total. The molecule has 0 spiro atoms. The Hall–Kier alpha value is 5.47. The van der Waals surface area contributed by atoms with Crippen LogP contribution in [0.15, 0.2) is 0 Å². The van der Waals surface area contributed by atoms with Gasteiger partial charge in [0.15, 0.2) is 0 Å². The molecule has 0 aromatic rings. The smallest absolute Gasteiger partial charge is 1.00 e. The van der Waals surface area contributed by atoms with Gasteiger partial charge in [-0.15, -0.1) is 0 Å². The largest absolute Gasteiger partial charge is 2.00 e. The van der Waals surface area contributed by atoms with Gasteiger partial charge in [-0.3, -0.25) is 0 Å². The molecule has 0 saturated carbocycles. The molecule has 0 aromatic heterocycles. The summed E-state index contributed by atoms with van der Waals surface area (Å²) in [6.45, 7) is 0. The molecule has 0 fully saturated rings. The van der Waals surface area contributed by atoms with E-state index in [1.807, 2.05) is 0 Å². The molecule has 0 unspecified atom stereocenters. The van der Waals surface area contributed by atoms with Crippen LogP contribution in [-0.4, -0.2) is 45.5 Å². The van der Waals surface area contributed by atoms with Crippen LogP contribution in [0.2, 0.25) is 0 Å². The predicted molar refractivity (Wildman–Crippen MR) is 7.98 cm³/mol. The van der Waals surface area contributed by atoms with Crippen LogP contribution < -0.4 is 0 Å². The van der Waals surface area contributed by atoms with Crippen molar-refractivity contribution < 1.29 is 124 Å². The van der Waals surface area contributed by atoms with E-state index in [4.69, 9.17) is 0 Å². The van der Waals surface area contributed by atoms with Crippen molar-refractivity contribution in [2.24, 2.45) is 0 Å². The first kappa shape index (κ1) is 22.7. The zero-order valence-electron chi connectivity index (χ0n) is 3.87. The van der Waals surface area contributed by atoms with Crippen LogP contribution in [0.3, 0.4) is 0 Å². The zero-order chi connectivity index (χ0) is 0. The summed E-state index contributed by atoms with van der Waals surface area (Å²) < 4.78 is 0. The van der Waals surface area contributed by atoms with Crippen molar-refractivity contribution in [3.63, 3.8) is 0 Å². The van der Waals surface area contributed by atoms with Gasteiger partial charge >= 0.3 is 45.5 Å². The van der Waals surface area contributed by atoms with E-state index in [0.717, 1.165) is 0 Å². The van der Waals surface area contributed by atoms with Crippen LogP contribution >= 0.6 is 0 Å². The molecule has 0 heterocycles. The van der Waals surface area contributed by atoms with Gasteiger partial charge in [0.25, 0.3) is 0 Å². The van der Waals surface area contributed by atoms with Crippen molar-refractivity contribution in [3.05, 3.63) is 0 Å². The summed E-state index contributed by atoms with van der Waals surface area (Å²) >= 11 is 0. The average Bonchev–Trinajstić information content (AvgIpc) is 0. The van der Waals surface area contributed by atoms with Crippen molar-refractivity contribution in [2.75, 3.05) is 0 Å². The summed E-state index contributed by atoms with van der Waals surface area (Å²) in [6, 6.07) is 0. The molecule has 31 valence electrons. The maximum atomic E-state index is 0. The Morgan fingerprint density at radius 1 is 1.25 bits per heavy atom. The van der Waals surface area contributed by atoms with Crippen molar-refractivity contribution in [1.29, 1.82) is 0 Å². The second kappa shape index (κ2) is 15.8. The molecule has 4 heavy (non-hydrogen) atoms. The first-order valence-corrected chi connectivity index (χ1v) is 0. The summed E-state index contributed by atoms with van der Waals surface area (Å²) in [5, 5.41) is 0. The van der Waals surface area contributed by atoms with Crippen molar-refractivity contribution in [1.82, 2.24) is 0 Å². The van der Waals surface area contributed by atoms with Gasteiger partial charge in [-0.05, 0) is 0 Å². The first-order chi connectivity index (χ1) is 0. The Kier molecular flexibility index (Phi) is 89.7. The van der Waals surface area contributed by atoms with Gasteiger partial charge in [0, 0.05) is 121 Å². The Balaban J connectivity index is 0. The molecule has 0 nitrogen and oxygen atoms in total. The second-order valence-electron chi connectivity index (χ2n) is 0.